The molecule has 7 heteroatoms. The maximum Gasteiger partial charge on any atom is 0.216 e. The van der Waals surface area contributed by atoms with E-state index in [1.807, 2.05) is 24.3 Å². The smallest absolute Gasteiger partial charge is 0.216 e. The molecule has 3 N–H and O–H groups in total. The van der Waals surface area contributed by atoms with Gasteiger partial charge in [0, 0.05) is 33.2 Å². The van der Waals surface area contributed by atoms with Gasteiger partial charge in [-0.05, 0) is 30.5 Å². The van der Waals surface area contributed by atoms with E-state index in [9.17, 15) is 4.79 Å². The first-order valence-electron chi connectivity index (χ1n) is 8.68. The molecule has 1 fully saturated rings. The van der Waals surface area contributed by atoms with E-state index < -0.39 is 0 Å². The van der Waals surface area contributed by atoms with Crippen LogP contribution >= 0.6 is 0 Å². The highest BCUT2D eigenvalue weighted by Crippen LogP contribution is 2.12. The number of guanidine groups is 1. The quantitative estimate of drug-likeness (QED) is 0.371. The third kappa shape index (κ3) is 7.43. The summed E-state index contributed by atoms with van der Waals surface area (Å²) in [6.45, 7) is 4.80. The third-order valence-electron chi connectivity index (χ3n) is 3.89. The van der Waals surface area contributed by atoms with Gasteiger partial charge in [0.05, 0.1) is 19.8 Å². The molecule has 0 aliphatic carbocycles. The average molecular weight is 348 g/mol. The Morgan fingerprint density at radius 1 is 1.24 bits per heavy atom. The maximum absolute atomic E-state index is 10.9. The molecule has 1 heterocycles. The van der Waals surface area contributed by atoms with Crippen LogP contribution < -0.4 is 20.7 Å². The number of amides is 1. The minimum atomic E-state index is -0.0363. The molecule has 0 aromatic heterocycles. The molecule has 0 radical (unpaired) electrons. The summed E-state index contributed by atoms with van der Waals surface area (Å²) in [7, 11) is 1.65. The van der Waals surface area contributed by atoms with Crippen molar-refractivity contribution in [2.75, 3.05) is 33.4 Å². The van der Waals surface area contributed by atoms with Gasteiger partial charge in [-0.2, -0.15) is 0 Å². The van der Waals surface area contributed by atoms with Gasteiger partial charge >= 0.3 is 0 Å². The summed E-state index contributed by atoms with van der Waals surface area (Å²) in [6, 6.07) is 7.84. The van der Waals surface area contributed by atoms with E-state index in [0.717, 1.165) is 43.3 Å². The van der Waals surface area contributed by atoms with E-state index >= 15 is 0 Å². The summed E-state index contributed by atoms with van der Waals surface area (Å²) in [5.41, 5.74) is 1.10. The third-order valence-corrected chi connectivity index (χ3v) is 3.89. The molecule has 25 heavy (non-hydrogen) atoms. The first kappa shape index (κ1) is 19.1. The van der Waals surface area contributed by atoms with Crippen LogP contribution in [0.5, 0.6) is 5.75 Å². The Labute approximate surface area is 149 Å². The van der Waals surface area contributed by atoms with Crippen molar-refractivity contribution in [3.63, 3.8) is 0 Å². The first-order valence-corrected chi connectivity index (χ1v) is 8.68. The van der Waals surface area contributed by atoms with Crippen molar-refractivity contribution in [3.05, 3.63) is 29.8 Å². The normalized spacial score (nSPS) is 17.2. The maximum atomic E-state index is 10.9. The molecule has 2 rings (SSSR count). The molecule has 1 saturated heterocycles. The second-order valence-corrected chi connectivity index (χ2v) is 5.94. The molecule has 7 nitrogen and oxygen atoms in total. The molecule has 138 valence electrons. The zero-order chi connectivity index (χ0) is 17.9. The summed E-state index contributed by atoms with van der Waals surface area (Å²) in [4.78, 5) is 15.6. The Bertz CT molecular complexity index is 554. The highest BCUT2D eigenvalue weighted by Gasteiger charge is 2.15. The SMILES string of the molecule is COc1ccc(CN=C(NCCNC(C)=O)NCC2CCCO2)cc1. The first-order chi connectivity index (χ1) is 12.2. The fourth-order valence-corrected chi connectivity index (χ4v) is 2.51. The zero-order valence-electron chi connectivity index (χ0n) is 15.0. The Kier molecular flexibility index (Phi) is 8.04. The Morgan fingerprint density at radius 3 is 2.64 bits per heavy atom. The van der Waals surface area contributed by atoms with Gasteiger partial charge in [0.25, 0.3) is 0 Å². The highest BCUT2D eigenvalue weighted by atomic mass is 16.5. The molecule has 1 aliphatic rings. The van der Waals surface area contributed by atoms with E-state index in [0.29, 0.717) is 19.6 Å². The highest BCUT2D eigenvalue weighted by molar-refractivity contribution is 5.80. The molecular formula is C18H28N4O3. The second-order valence-electron chi connectivity index (χ2n) is 5.94. The van der Waals surface area contributed by atoms with Crippen molar-refractivity contribution in [2.45, 2.75) is 32.4 Å². The number of hydrogen-bond donors (Lipinski definition) is 3. The Hall–Kier alpha value is -2.28. The molecule has 1 aromatic carbocycles. The van der Waals surface area contributed by atoms with Crippen molar-refractivity contribution < 1.29 is 14.3 Å². The number of carbonyl (C=O) groups excluding carboxylic acids is 1. The van der Waals surface area contributed by atoms with E-state index in [-0.39, 0.29) is 12.0 Å². The molecule has 1 amide bonds. The lowest BCUT2D eigenvalue weighted by atomic mass is 10.2. The standard InChI is InChI=1S/C18H28N4O3/c1-14(23)19-9-10-20-18(22-13-17-4-3-11-25-17)21-12-15-5-7-16(24-2)8-6-15/h5-8,17H,3-4,9-13H2,1-2H3,(H,19,23)(H2,20,21,22). The molecule has 0 saturated carbocycles. The van der Waals surface area contributed by atoms with Gasteiger partial charge in [-0.1, -0.05) is 12.1 Å². The number of nitrogens with zero attached hydrogens (tertiary/aromatic N) is 1. The number of ether oxygens (including phenoxy) is 2. The van der Waals surface area contributed by atoms with Gasteiger partial charge in [-0.25, -0.2) is 4.99 Å². The molecule has 0 bridgehead atoms. The lowest BCUT2D eigenvalue weighted by Gasteiger charge is -2.16. The number of nitrogens with one attached hydrogen (secondary N) is 3. The lowest BCUT2D eigenvalue weighted by Crippen LogP contribution is -2.43. The van der Waals surface area contributed by atoms with Crippen molar-refractivity contribution in [1.82, 2.24) is 16.0 Å². The molecule has 1 atom stereocenters. The average Bonchev–Trinajstić information content (AvgIpc) is 3.14. The summed E-state index contributed by atoms with van der Waals surface area (Å²) in [6.07, 6.45) is 2.42. The van der Waals surface area contributed by atoms with Gasteiger partial charge in [-0.3, -0.25) is 4.79 Å². The van der Waals surface area contributed by atoms with E-state index in [2.05, 4.69) is 20.9 Å². The number of aliphatic imine (C=N–C) groups is 1. The number of methoxy groups -OCH3 is 1. The Balaban J connectivity index is 1.86. The monoisotopic (exact) mass is 348 g/mol. The van der Waals surface area contributed by atoms with Crippen LogP contribution in [0.1, 0.15) is 25.3 Å². The van der Waals surface area contributed by atoms with Gasteiger partial charge in [0.1, 0.15) is 5.75 Å². The summed E-state index contributed by atoms with van der Waals surface area (Å²) >= 11 is 0. The van der Waals surface area contributed by atoms with Crippen LogP contribution in [0.4, 0.5) is 0 Å². The predicted molar refractivity (Wildman–Crippen MR) is 97.8 cm³/mol. The van der Waals surface area contributed by atoms with Crippen LogP contribution in [0.3, 0.4) is 0 Å². The van der Waals surface area contributed by atoms with E-state index in [4.69, 9.17) is 9.47 Å². The van der Waals surface area contributed by atoms with Crippen LogP contribution in [0.25, 0.3) is 0 Å². The summed E-state index contributed by atoms with van der Waals surface area (Å²) in [5, 5.41) is 9.32. The van der Waals surface area contributed by atoms with Crippen molar-refractivity contribution in [1.29, 1.82) is 0 Å². The molecular weight excluding hydrogens is 320 g/mol. The predicted octanol–water partition coefficient (Wildman–Crippen LogP) is 1.05. The number of rotatable bonds is 8. The fourth-order valence-electron chi connectivity index (χ4n) is 2.51. The minimum Gasteiger partial charge on any atom is -0.497 e. The number of benzene rings is 1. The van der Waals surface area contributed by atoms with Crippen LogP contribution in [0.15, 0.2) is 29.3 Å². The van der Waals surface area contributed by atoms with Gasteiger partial charge in [-0.15, -0.1) is 0 Å². The summed E-state index contributed by atoms with van der Waals surface area (Å²) in [5.74, 6) is 1.51. The van der Waals surface area contributed by atoms with Crippen molar-refractivity contribution >= 4 is 11.9 Å². The van der Waals surface area contributed by atoms with Gasteiger partial charge in [0.2, 0.25) is 5.91 Å². The fraction of sp³-hybridized carbons (Fsp3) is 0.556. The van der Waals surface area contributed by atoms with E-state index in [1.54, 1.807) is 7.11 Å². The minimum absolute atomic E-state index is 0.0363. The molecule has 0 spiro atoms. The zero-order valence-corrected chi connectivity index (χ0v) is 15.0. The van der Waals surface area contributed by atoms with Crippen LogP contribution in [0.2, 0.25) is 0 Å². The van der Waals surface area contributed by atoms with Crippen molar-refractivity contribution in [2.24, 2.45) is 4.99 Å². The second kappa shape index (κ2) is 10.6. The lowest BCUT2D eigenvalue weighted by molar-refractivity contribution is -0.118. The Morgan fingerprint density at radius 2 is 2.00 bits per heavy atom. The van der Waals surface area contributed by atoms with Crippen molar-refractivity contribution in [3.8, 4) is 5.75 Å². The van der Waals surface area contributed by atoms with Crippen LogP contribution in [0, 0.1) is 0 Å². The van der Waals surface area contributed by atoms with Gasteiger partial charge < -0.3 is 25.4 Å². The van der Waals surface area contributed by atoms with Crippen LogP contribution in [-0.2, 0) is 16.1 Å². The number of hydrogen-bond acceptors (Lipinski definition) is 4. The molecule has 1 aromatic rings. The summed E-state index contributed by atoms with van der Waals surface area (Å²) < 4.78 is 10.8. The van der Waals surface area contributed by atoms with E-state index in [1.165, 1.54) is 6.92 Å². The van der Waals surface area contributed by atoms with Gasteiger partial charge in [0.15, 0.2) is 5.96 Å². The molecule has 1 unspecified atom stereocenters. The number of carbonyl (C=O) groups is 1. The largest absolute Gasteiger partial charge is 0.497 e. The van der Waals surface area contributed by atoms with Crippen LogP contribution in [-0.4, -0.2) is 51.3 Å². The topological polar surface area (TPSA) is 84.0 Å². The molecule has 1 aliphatic heterocycles.